The summed E-state index contributed by atoms with van der Waals surface area (Å²) < 4.78 is 19.1. The van der Waals surface area contributed by atoms with Crippen molar-refractivity contribution in [3.05, 3.63) is 47.9 Å². The Morgan fingerprint density at radius 1 is 1.39 bits per heavy atom. The van der Waals surface area contributed by atoms with Gasteiger partial charge in [-0.1, -0.05) is 18.2 Å². The molecule has 0 atom stereocenters. The summed E-state index contributed by atoms with van der Waals surface area (Å²) in [5.41, 5.74) is 0.624. The summed E-state index contributed by atoms with van der Waals surface area (Å²) in [7, 11) is 0. The number of fused-ring (bicyclic) bond motifs is 1. The Morgan fingerprint density at radius 2 is 2.17 bits per heavy atom. The van der Waals surface area contributed by atoms with Crippen molar-refractivity contribution in [3.8, 4) is 0 Å². The number of rotatable bonds is 4. The van der Waals surface area contributed by atoms with Crippen LogP contribution in [0.25, 0.3) is 17.0 Å². The number of alkyl carbamates (subject to hydrolysis) is 1. The number of pyridine rings is 1. The van der Waals surface area contributed by atoms with Gasteiger partial charge in [-0.3, -0.25) is 4.98 Å². The van der Waals surface area contributed by atoms with Crippen LogP contribution in [0.1, 0.15) is 32.8 Å². The van der Waals surface area contributed by atoms with E-state index < -0.39 is 11.7 Å². The number of hydrogen-bond donors (Lipinski definition) is 1. The zero-order valence-corrected chi connectivity index (χ0v) is 13.6. The molecule has 0 bridgehead atoms. The van der Waals surface area contributed by atoms with Crippen molar-refractivity contribution in [3.63, 3.8) is 0 Å². The zero-order valence-electron chi connectivity index (χ0n) is 13.6. The van der Waals surface area contributed by atoms with Crippen LogP contribution >= 0.6 is 0 Å². The SMILES string of the molecule is CC(C)(C)OC(=O)NCCC=Cc1cc2cccnc2cc1F. The van der Waals surface area contributed by atoms with Gasteiger partial charge in [0.25, 0.3) is 0 Å². The third-order valence-electron chi connectivity index (χ3n) is 3.00. The van der Waals surface area contributed by atoms with E-state index in [1.807, 2.05) is 39.0 Å². The van der Waals surface area contributed by atoms with E-state index in [4.69, 9.17) is 4.74 Å². The molecule has 5 heteroatoms. The second kappa shape index (κ2) is 7.22. The van der Waals surface area contributed by atoms with E-state index in [0.717, 1.165) is 5.39 Å². The molecule has 0 aliphatic carbocycles. The Labute approximate surface area is 135 Å². The number of amides is 1. The minimum absolute atomic E-state index is 0.312. The van der Waals surface area contributed by atoms with E-state index in [1.165, 1.54) is 6.07 Å². The fourth-order valence-corrected chi connectivity index (χ4v) is 2.02. The van der Waals surface area contributed by atoms with Gasteiger partial charge in [0.1, 0.15) is 11.4 Å². The van der Waals surface area contributed by atoms with Crippen LogP contribution in [0.5, 0.6) is 0 Å². The van der Waals surface area contributed by atoms with Crippen LogP contribution < -0.4 is 5.32 Å². The van der Waals surface area contributed by atoms with Crippen LogP contribution in [0.2, 0.25) is 0 Å². The quantitative estimate of drug-likeness (QED) is 0.856. The maximum Gasteiger partial charge on any atom is 0.407 e. The topological polar surface area (TPSA) is 51.2 Å². The van der Waals surface area contributed by atoms with Crippen molar-refractivity contribution in [2.75, 3.05) is 6.54 Å². The molecule has 23 heavy (non-hydrogen) atoms. The van der Waals surface area contributed by atoms with Gasteiger partial charge in [-0.25, -0.2) is 9.18 Å². The molecule has 122 valence electrons. The van der Waals surface area contributed by atoms with Crippen molar-refractivity contribution >= 4 is 23.1 Å². The smallest absolute Gasteiger partial charge is 0.407 e. The van der Waals surface area contributed by atoms with E-state index in [9.17, 15) is 9.18 Å². The normalized spacial score (nSPS) is 11.8. The van der Waals surface area contributed by atoms with Gasteiger partial charge in [0.05, 0.1) is 5.52 Å². The molecule has 2 aromatic rings. The Balaban J connectivity index is 1.89. The Kier molecular flexibility index (Phi) is 5.32. The first kappa shape index (κ1) is 16.9. The summed E-state index contributed by atoms with van der Waals surface area (Å²) in [4.78, 5) is 15.6. The average Bonchev–Trinajstić information content (AvgIpc) is 2.45. The molecular formula is C18H21FN2O2. The number of aromatic nitrogens is 1. The second-order valence-electron chi connectivity index (χ2n) is 6.19. The van der Waals surface area contributed by atoms with Crippen LogP contribution in [-0.2, 0) is 4.74 Å². The molecule has 4 nitrogen and oxygen atoms in total. The summed E-state index contributed by atoms with van der Waals surface area (Å²) in [6.45, 7) is 5.86. The Bertz CT molecular complexity index is 721. The van der Waals surface area contributed by atoms with Crippen molar-refractivity contribution in [1.82, 2.24) is 10.3 Å². The van der Waals surface area contributed by atoms with Crippen molar-refractivity contribution < 1.29 is 13.9 Å². The molecular weight excluding hydrogens is 295 g/mol. The lowest BCUT2D eigenvalue weighted by Crippen LogP contribution is -2.32. The van der Waals surface area contributed by atoms with E-state index in [0.29, 0.717) is 24.0 Å². The minimum Gasteiger partial charge on any atom is -0.444 e. The maximum absolute atomic E-state index is 14.0. The lowest BCUT2D eigenvalue weighted by Gasteiger charge is -2.19. The molecule has 1 N–H and O–H groups in total. The highest BCUT2D eigenvalue weighted by molar-refractivity contribution is 5.81. The Hall–Kier alpha value is -2.43. The number of hydrogen-bond acceptors (Lipinski definition) is 3. The highest BCUT2D eigenvalue weighted by Gasteiger charge is 2.15. The first-order valence-electron chi connectivity index (χ1n) is 7.53. The number of carbonyl (C=O) groups is 1. The summed E-state index contributed by atoms with van der Waals surface area (Å²) in [6.07, 6.45) is 5.30. The van der Waals surface area contributed by atoms with E-state index in [1.54, 1.807) is 18.3 Å². The van der Waals surface area contributed by atoms with E-state index >= 15 is 0 Å². The van der Waals surface area contributed by atoms with Crippen LogP contribution in [0.3, 0.4) is 0 Å². The number of nitrogens with one attached hydrogen (secondary N) is 1. The van der Waals surface area contributed by atoms with Gasteiger partial charge in [0, 0.05) is 29.8 Å². The largest absolute Gasteiger partial charge is 0.444 e. The van der Waals surface area contributed by atoms with Gasteiger partial charge in [0.15, 0.2) is 0 Å². The summed E-state index contributed by atoms with van der Waals surface area (Å²) in [5, 5.41) is 3.54. The monoisotopic (exact) mass is 316 g/mol. The molecule has 0 saturated carbocycles. The molecule has 0 radical (unpaired) electrons. The number of nitrogens with zero attached hydrogens (tertiary/aromatic N) is 1. The maximum atomic E-state index is 14.0. The molecule has 0 aliphatic rings. The van der Waals surface area contributed by atoms with Crippen LogP contribution in [0.15, 0.2) is 36.5 Å². The Morgan fingerprint density at radius 3 is 2.91 bits per heavy atom. The first-order chi connectivity index (χ1) is 10.8. The van der Waals surface area contributed by atoms with Gasteiger partial charge in [0.2, 0.25) is 0 Å². The summed E-state index contributed by atoms with van der Waals surface area (Å²) in [6, 6.07) is 6.89. The van der Waals surface area contributed by atoms with Gasteiger partial charge >= 0.3 is 6.09 Å². The standard InChI is InChI=1S/C18H21FN2O2/c1-18(2,3)23-17(22)21-9-5-4-7-13-11-14-8-6-10-20-16(14)12-15(13)19/h4,6-8,10-12H,5,9H2,1-3H3,(H,21,22). The highest BCUT2D eigenvalue weighted by Crippen LogP contribution is 2.18. The summed E-state index contributed by atoms with van der Waals surface area (Å²) in [5.74, 6) is -0.312. The number of benzene rings is 1. The molecule has 0 aliphatic heterocycles. The predicted molar refractivity (Wildman–Crippen MR) is 89.6 cm³/mol. The fourth-order valence-electron chi connectivity index (χ4n) is 2.02. The number of halogens is 1. The lowest BCUT2D eigenvalue weighted by molar-refractivity contribution is 0.0529. The molecule has 1 amide bonds. The van der Waals surface area contributed by atoms with Gasteiger partial charge < -0.3 is 10.1 Å². The summed E-state index contributed by atoms with van der Waals surface area (Å²) >= 11 is 0. The van der Waals surface area contributed by atoms with E-state index in [-0.39, 0.29) is 5.82 Å². The highest BCUT2D eigenvalue weighted by atomic mass is 19.1. The molecule has 0 spiro atoms. The van der Waals surface area contributed by atoms with Crippen LogP contribution in [0, 0.1) is 5.82 Å². The van der Waals surface area contributed by atoms with Crippen molar-refractivity contribution in [1.29, 1.82) is 0 Å². The first-order valence-corrected chi connectivity index (χ1v) is 7.53. The molecule has 1 aromatic carbocycles. The van der Waals surface area contributed by atoms with Crippen LogP contribution in [-0.4, -0.2) is 23.2 Å². The molecule has 1 aromatic heterocycles. The minimum atomic E-state index is -0.512. The molecule has 2 rings (SSSR count). The number of ether oxygens (including phenoxy) is 1. The fraction of sp³-hybridized carbons (Fsp3) is 0.333. The van der Waals surface area contributed by atoms with E-state index in [2.05, 4.69) is 10.3 Å². The van der Waals surface area contributed by atoms with Gasteiger partial charge in [-0.15, -0.1) is 0 Å². The van der Waals surface area contributed by atoms with Gasteiger partial charge in [-0.05, 0) is 39.3 Å². The predicted octanol–water partition coefficient (Wildman–Crippen LogP) is 4.30. The third-order valence-corrected chi connectivity index (χ3v) is 3.00. The van der Waals surface area contributed by atoms with Gasteiger partial charge in [-0.2, -0.15) is 0 Å². The molecule has 0 saturated heterocycles. The van der Waals surface area contributed by atoms with Crippen molar-refractivity contribution in [2.45, 2.75) is 32.8 Å². The third kappa shape index (κ3) is 5.36. The molecule has 1 heterocycles. The lowest BCUT2D eigenvalue weighted by atomic mass is 10.1. The number of carbonyl (C=O) groups excluding carboxylic acids is 1. The van der Waals surface area contributed by atoms with Crippen molar-refractivity contribution in [2.24, 2.45) is 0 Å². The average molecular weight is 316 g/mol. The zero-order chi connectivity index (χ0) is 16.9. The second-order valence-corrected chi connectivity index (χ2v) is 6.19. The molecule has 0 fully saturated rings. The van der Waals surface area contributed by atoms with Crippen LogP contribution in [0.4, 0.5) is 9.18 Å². The molecule has 0 unspecified atom stereocenters.